The number of carbonyl (C=O) groups excluding carboxylic acids is 1. The van der Waals surface area contributed by atoms with Gasteiger partial charge in [-0.15, -0.1) is 0 Å². The molecule has 0 saturated heterocycles. The fourth-order valence-corrected chi connectivity index (χ4v) is 5.61. The van der Waals surface area contributed by atoms with Gasteiger partial charge in [-0.05, 0) is 36.6 Å². The Kier molecular flexibility index (Phi) is 7.42. The van der Waals surface area contributed by atoms with E-state index < -0.39 is 8.07 Å². The lowest BCUT2D eigenvalue weighted by molar-refractivity contribution is -0.117. The van der Waals surface area contributed by atoms with Gasteiger partial charge in [-0.2, -0.15) is 0 Å². The van der Waals surface area contributed by atoms with E-state index in [4.69, 9.17) is 0 Å². The maximum Gasteiger partial charge on any atom is 0.243 e. The van der Waals surface area contributed by atoms with Crippen molar-refractivity contribution in [3.05, 3.63) is 119 Å². The van der Waals surface area contributed by atoms with E-state index in [2.05, 4.69) is 91.7 Å². The zero-order valence-electron chi connectivity index (χ0n) is 18.1. The quantitative estimate of drug-likeness (QED) is 0.357. The van der Waals surface area contributed by atoms with E-state index in [9.17, 15) is 4.79 Å². The maximum absolute atomic E-state index is 12.8. The van der Waals surface area contributed by atoms with Crippen molar-refractivity contribution in [2.24, 2.45) is 0 Å². The van der Waals surface area contributed by atoms with Crippen LogP contribution < -0.4 is 5.32 Å². The zero-order valence-corrected chi connectivity index (χ0v) is 19.1. The van der Waals surface area contributed by atoms with E-state index in [-0.39, 0.29) is 11.9 Å². The summed E-state index contributed by atoms with van der Waals surface area (Å²) in [6.07, 6.45) is 2.52. The van der Waals surface area contributed by atoms with Crippen LogP contribution in [0.2, 0.25) is 13.1 Å². The molecule has 1 amide bonds. The molecule has 3 aromatic carbocycles. The van der Waals surface area contributed by atoms with Gasteiger partial charge in [-0.1, -0.05) is 115 Å². The highest BCUT2D eigenvalue weighted by molar-refractivity contribution is 6.81. The van der Waals surface area contributed by atoms with E-state index in [1.165, 1.54) is 16.7 Å². The number of carbonyl (C=O) groups is 1. The first kappa shape index (κ1) is 21.8. The third kappa shape index (κ3) is 6.85. The summed E-state index contributed by atoms with van der Waals surface area (Å²) >= 11 is 0. The fourth-order valence-electron chi connectivity index (χ4n) is 3.60. The second-order valence-electron chi connectivity index (χ2n) is 8.65. The standard InChI is InChI=1S/C27H31NOSi/c1-22-14-16-23(17-15-22)20-26(25-12-8-5-9-13-25)28-27(29)18-19-30(2,3)21-24-10-6-4-7-11-24/h4-19,26H,20-21H2,1-3H3,(H,28,29). The van der Waals surface area contributed by atoms with Gasteiger partial charge in [0.2, 0.25) is 5.91 Å². The molecule has 0 aliphatic carbocycles. The van der Waals surface area contributed by atoms with Gasteiger partial charge in [0.05, 0.1) is 14.1 Å². The Balaban J connectivity index is 1.69. The highest BCUT2D eigenvalue weighted by Gasteiger charge is 2.19. The lowest BCUT2D eigenvalue weighted by atomic mass is 9.98. The zero-order chi connectivity index (χ0) is 21.4. The Hall–Kier alpha value is -2.91. The number of aryl methyl sites for hydroxylation is 1. The van der Waals surface area contributed by atoms with Gasteiger partial charge >= 0.3 is 0 Å². The van der Waals surface area contributed by atoms with Crippen LogP contribution >= 0.6 is 0 Å². The lowest BCUT2D eigenvalue weighted by Gasteiger charge is -2.20. The van der Waals surface area contributed by atoms with Gasteiger partial charge in [0.25, 0.3) is 0 Å². The van der Waals surface area contributed by atoms with Crippen LogP contribution in [-0.2, 0) is 17.3 Å². The second-order valence-corrected chi connectivity index (χ2v) is 13.3. The van der Waals surface area contributed by atoms with E-state index in [1.807, 2.05) is 24.3 Å². The van der Waals surface area contributed by atoms with E-state index in [1.54, 1.807) is 6.08 Å². The Labute approximate surface area is 181 Å². The van der Waals surface area contributed by atoms with Crippen molar-refractivity contribution >= 4 is 14.0 Å². The molecule has 1 unspecified atom stereocenters. The first-order valence-corrected chi connectivity index (χ1v) is 13.8. The molecule has 30 heavy (non-hydrogen) atoms. The minimum absolute atomic E-state index is 0.0235. The Morgan fingerprint density at radius 3 is 2.10 bits per heavy atom. The van der Waals surface area contributed by atoms with Gasteiger partial charge in [-0.25, -0.2) is 0 Å². The number of rotatable bonds is 8. The molecule has 0 bridgehead atoms. The van der Waals surface area contributed by atoms with Crippen molar-refractivity contribution in [3.8, 4) is 0 Å². The van der Waals surface area contributed by atoms with Gasteiger partial charge in [0, 0.05) is 0 Å². The average Bonchev–Trinajstić information content (AvgIpc) is 2.74. The highest BCUT2D eigenvalue weighted by atomic mass is 28.3. The lowest BCUT2D eigenvalue weighted by Crippen LogP contribution is -2.31. The summed E-state index contributed by atoms with van der Waals surface area (Å²) in [6, 6.07) is 30.2. The summed E-state index contributed by atoms with van der Waals surface area (Å²) in [5.41, 5.74) is 7.08. The minimum Gasteiger partial charge on any atom is -0.345 e. The molecule has 2 nitrogen and oxygen atoms in total. The van der Waals surface area contributed by atoms with Crippen molar-refractivity contribution in [1.82, 2.24) is 5.32 Å². The van der Waals surface area contributed by atoms with E-state index >= 15 is 0 Å². The first-order chi connectivity index (χ1) is 14.4. The Morgan fingerprint density at radius 1 is 0.867 bits per heavy atom. The van der Waals surface area contributed by atoms with Crippen molar-refractivity contribution in [2.45, 2.75) is 38.5 Å². The van der Waals surface area contributed by atoms with E-state index in [0.717, 1.165) is 18.0 Å². The van der Waals surface area contributed by atoms with Crippen LogP contribution in [0.25, 0.3) is 0 Å². The predicted octanol–water partition coefficient (Wildman–Crippen LogP) is 5.98. The van der Waals surface area contributed by atoms with Crippen LogP contribution in [0.4, 0.5) is 0 Å². The topological polar surface area (TPSA) is 29.1 Å². The summed E-state index contributed by atoms with van der Waals surface area (Å²) in [7, 11) is -1.66. The van der Waals surface area contributed by atoms with Crippen LogP contribution in [0.15, 0.2) is 96.7 Å². The number of hydrogen-bond acceptors (Lipinski definition) is 1. The summed E-state index contributed by atoms with van der Waals surface area (Å²) in [6.45, 7) is 6.68. The molecule has 0 radical (unpaired) electrons. The van der Waals surface area contributed by atoms with Crippen molar-refractivity contribution in [3.63, 3.8) is 0 Å². The molecule has 0 aliphatic heterocycles. The number of amides is 1. The van der Waals surface area contributed by atoms with E-state index in [0.29, 0.717) is 0 Å². The summed E-state index contributed by atoms with van der Waals surface area (Å²) < 4.78 is 0. The highest BCUT2D eigenvalue weighted by Crippen LogP contribution is 2.19. The molecule has 3 heteroatoms. The smallest absolute Gasteiger partial charge is 0.243 e. The molecular weight excluding hydrogens is 382 g/mol. The summed E-state index contributed by atoms with van der Waals surface area (Å²) in [5.74, 6) is -0.0235. The molecule has 0 aromatic heterocycles. The maximum atomic E-state index is 12.8. The molecule has 1 N–H and O–H groups in total. The van der Waals surface area contributed by atoms with Crippen LogP contribution in [0.3, 0.4) is 0 Å². The van der Waals surface area contributed by atoms with Crippen LogP contribution in [-0.4, -0.2) is 14.0 Å². The molecule has 3 aromatic rings. The molecule has 0 fully saturated rings. The van der Waals surface area contributed by atoms with Crippen molar-refractivity contribution < 1.29 is 4.79 Å². The number of benzene rings is 3. The molecule has 0 spiro atoms. The molecule has 0 saturated carbocycles. The van der Waals surface area contributed by atoms with Crippen LogP contribution in [0.1, 0.15) is 28.3 Å². The first-order valence-electron chi connectivity index (χ1n) is 10.6. The van der Waals surface area contributed by atoms with Crippen LogP contribution in [0, 0.1) is 6.92 Å². The third-order valence-electron chi connectivity index (χ3n) is 5.27. The van der Waals surface area contributed by atoms with Gasteiger partial charge < -0.3 is 5.32 Å². The van der Waals surface area contributed by atoms with Gasteiger partial charge in [0.1, 0.15) is 0 Å². The number of hydrogen-bond donors (Lipinski definition) is 1. The second kappa shape index (κ2) is 10.2. The summed E-state index contributed by atoms with van der Waals surface area (Å²) in [5, 5.41) is 3.23. The molecule has 3 rings (SSSR count). The minimum atomic E-state index is -1.66. The normalized spacial score (nSPS) is 12.6. The monoisotopic (exact) mass is 413 g/mol. The SMILES string of the molecule is Cc1ccc(CC(NC(=O)C=C[Si](C)(C)Cc2ccccc2)c2ccccc2)cc1. The number of nitrogens with one attached hydrogen (secondary N) is 1. The van der Waals surface area contributed by atoms with Crippen LogP contribution in [0.5, 0.6) is 0 Å². The van der Waals surface area contributed by atoms with Crippen molar-refractivity contribution in [2.75, 3.05) is 0 Å². The largest absolute Gasteiger partial charge is 0.345 e. The molecule has 0 aliphatic rings. The van der Waals surface area contributed by atoms with Gasteiger partial charge in [0.15, 0.2) is 0 Å². The Morgan fingerprint density at radius 2 is 1.47 bits per heavy atom. The molecular formula is C27H31NOSi. The molecule has 154 valence electrons. The molecule has 1 atom stereocenters. The van der Waals surface area contributed by atoms with Crippen molar-refractivity contribution in [1.29, 1.82) is 0 Å². The average molecular weight is 414 g/mol. The molecule has 0 heterocycles. The fraction of sp³-hybridized carbons (Fsp3) is 0.222. The Bertz CT molecular complexity index is 963. The summed E-state index contributed by atoms with van der Waals surface area (Å²) in [4.78, 5) is 12.8. The van der Waals surface area contributed by atoms with Gasteiger partial charge in [-0.3, -0.25) is 4.79 Å². The third-order valence-corrected chi connectivity index (χ3v) is 7.66. The predicted molar refractivity (Wildman–Crippen MR) is 129 cm³/mol.